The second kappa shape index (κ2) is 5.84. The molecule has 19 heavy (non-hydrogen) atoms. The first-order valence-electron chi connectivity index (χ1n) is 5.73. The van der Waals surface area contributed by atoms with Crippen LogP contribution in [0, 0.1) is 0 Å². The maximum absolute atomic E-state index is 4.42. The van der Waals surface area contributed by atoms with E-state index in [2.05, 4.69) is 15.0 Å². The standard InChI is InChI=1S/C15H11N3.H2O/c1-3-9-16-13(7-1)12-6-5-11-18-15(12)14-8-2-4-10-17-14;/h1-11H;1H2. The molecular weight excluding hydrogens is 238 g/mol. The molecule has 0 aliphatic carbocycles. The van der Waals surface area contributed by atoms with Crippen LogP contribution in [0.5, 0.6) is 0 Å². The van der Waals surface area contributed by atoms with Gasteiger partial charge in [-0.1, -0.05) is 12.1 Å². The van der Waals surface area contributed by atoms with Gasteiger partial charge in [0.05, 0.1) is 17.1 Å². The Kier molecular flexibility index (Phi) is 3.95. The Labute approximate surface area is 111 Å². The monoisotopic (exact) mass is 251 g/mol. The molecule has 94 valence electrons. The van der Waals surface area contributed by atoms with Gasteiger partial charge in [0.2, 0.25) is 0 Å². The Morgan fingerprint density at radius 2 is 1.21 bits per heavy atom. The number of hydrogen-bond donors (Lipinski definition) is 0. The van der Waals surface area contributed by atoms with Gasteiger partial charge in [-0.3, -0.25) is 15.0 Å². The van der Waals surface area contributed by atoms with Gasteiger partial charge in [0, 0.05) is 24.2 Å². The maximum Gasteiger partial charge on any atom is 0.0980 e. The van der Waals surface area contributed by atoms with Gasteiger partial charge in [-0.25, -0.2) is 0 Å². The minimum absolute atomic E-state index is 0. The van der Waals surface area contributed by atoms with Crippen molar-refractivity contribution in [3.8, 4) is 22.6 Å². The second-order valence-electron chi connectivity index (χ2n) is 3.83. The van der Waals surface area contributed by atoms with E-state index in [0.29, 0.717) is 0 Å². The van der Waals surface area contributed by atoms with Gasteiger partial charge in [0.25, 0.3) is 0 Å². The highest BCUT2D eigenvalue weighted by Crippen LogP contribution is 2.26. The summed E-state index contributed by atoms with van der Waals surface area (Å²) in [5.74, 6) is 0. The van der Waals surface area contributed by atoms with Gasteiger partial charge in [-0.15, -0.1) is 0 Å². The van der Waals surface area contributed by atoms with Gasteiger partial charge >= 0.3 is 0 Å². The number of nitrogens with zero attached hydrogens (tertiary/aromatic N) is 3. The molecule has 0 spiro atoms. The van der Waals surface area contributed by atoms with Gasteiger partial charge in [0.15, 0.2) is 0 Å². The van der Waals surface area contributed by atoms with E-state index in [4.69, 9.17) is 0 Å². The van der Waals surface area contributed by atoms with Crippen molar-refractivity contribution in [2.24, 2.45) is 0 Å². The second-order valence-corrected chi connectivity index (χ2v) is 3.83. The molecule has 0 unspecified atom stereocenters. The predicted molar refractivity (Wildman–Crippen MR) is 74.3 cm³/mol. The van der Waals surface area contributed by atoms with Crippen molar-refractivity contribution in [2.45, 2.75) is 0 Å². The molecule has 2 N–H and O–H groups in total. The molecule has 4 heteroatoms. The molecule has 0 amide bonds. The van der Waals surface area contributed by atoms with E-state index in [0.717, 1.165) is 22.6 Å². The third-order valence-electron chi connectivity index (χ3n) is 2.66. The quantitative estimate of drug-likeness (QED) is 0.702. The highest BCUT2D eigenvalue weighted by atomic mass is 16.0. The molecule has 0 atom stereocenters. The summed E-state index contributed by atoms with van der Waals surface area (Å²) in [7, 11) is 0. The lowest BCUT2D eigenvalue weighted by atomic mass is 10.1. The van der Waals surface area contributed by atoms with Crippen LogP contribution in [0.1, 0.15) is 0 Å². The van der Waals surface area contributed by atoms with E-state index >= 15 is 0 Å². The van der Waals surface area contributed by atoms with Crippen molar-refractivity contribution < 1.29 is 5.48 Å². The van der Waals surface area contributed by atoms with Gasteiger partial charge < -0.3 is 5.48 Å². The van der Waals surface area contributed by atoms with E-state index in [1.54, 1.807) is 18.6 Å². The molecule has 3 aromatic heterocycles. The Morgan fingerprint density at radius 3 is 1.84 bits per heavy atom. The Morgan fingerprint density at radius 1 is 0.579 bits per heavy atom. The van der Waals surface area contributed by atoms with Crippen LogP contribution in [0.2, 0.25) is 0 Å². The SMILES string of the molecule is O.c1ccc(-c2cccnc2-c2ccccn2)nc1. The Balaban J connectivity index is 0.00000133. The lowest BCUT2D eigenvalue weighted by molar-refractivity contribution is 0.824. The van der Waals surface area contributed by atoms with Crippen LogP contribution >= 0.6 is 0 Å². The van der Waals surface area contributed by atoms with Crippen LogP contribution in [0.3, 0.4) is 0 Å². The summed E-state index contributed by atoms with van der Waals surface area (Å²) in [6, 6.07) is 15.6. The van der Waals surface area contributed by atoms with Crippen LogP contribution in [0.15, 0.2) is 67.1 Å². The molecule has 0 radical (unpaired) electrons. The van der Waals surface area contributed by atoms with E-state index in [1.165, 1.54) is 0 Å². The van der Waals surface area contributed by atoms with E-state index < -0.39 is 0 Å². The first-order chi connectivity index (χ1) is 8.95. The molecule has 3 aromatic rings. The van der Waals surface area contributed by atoms with Crippen molar-refractivity contribution in [1.82, 2.24) is 15.0 Å². The summed E-state index contributed by atoms with van der Waals surface area (Å²) in [6.07, 6.45) is 5.33. The van der Waals surface area contributed by atoms with Crippen molar-refractivity contribution in [1.29, 1.82) is 0 Å². The summed E-state index contributed by atoms with van der Waals surface area (Å²) in [5, 5.41) is 0. The lowest BCUT2D eigenvalue weighted by Crippen LogP contribution is -1.92. The van der Waals surface area contributed by atoms with E-state index in [1.807, 2.05) is 48.5 Å². The fourth-order valence-electron chi connectivity index (χ4n) is 1.84. The largest absolute Gasteiger partial charge is 0.412 e. The molecule has 0 saturated heterocycles. The molecule has 0 saturated carbocycles. The summed E-state index contributed by atoms with van der Waals surface area (Å²) in [5.41, 5.74) is 3.62. The fraction of sp³-hybridized carbons (Fsp3) is 0. The predicted octanol–water partition coefficient (Wildman–Crippen LogP) is 2.38. The molecular formula is C15H13N3O. The first kappa shape index (κ1) is 12.9. The molecule has 0 aliphatic heterocycles. The van der Waals surface area contributed by atoms with Crippen molar-refractivity contribution in [3.05, 3.63) is 67.1 Å². The zero-order chi connectivity index (χ0) is 12.2. The first-order valence-corrected chi connectivity index (χ1v) is 5.73. The molecule has 0 bridgehead atoms. The van der Waals surface area contributed by atoms with E-state index in [-0.39, 0.29) is 5.48 Å². The molecule has 0 fully saturated rings. The average Bonchev–Trinajstić information content (AvgIpc) is 2.49. The van der Waals surface area contributed by atoms with Crippen molar-refractivity contribution in [2.75, 3.05) is 0 Å². The zero-order valence-electron chi connectivity index (χ0n) is 10.2. The third kappa shape index (κ3) is 2.64. The Hall–Kier alpha value is -2.59. The van der Waals surface area contributed by atoms with Crippen LogP contribution in [0.25, 0.3) is 22.6 Å². The number of rotatable bonds is 2. The summed E-state index contributed by atoms with van der Waals surface area (Å²) in [6.45, 7) is 0. The van der Waals surface area contributed by atoms with Gasteiger partial charge in [-0.05, 0) is 36.4 Å². The van der Waals surface area contributed by atoms with Crippen LogP contribution in [-0.2, 0) is 0 Å². The van der Waals surface area contributed by atoms with Crippen LogP contribution < -0.4 is 0 Å². The number of aromatic nitrogens is 3. The van der Waals surface area contributed by atoms with Gasteiger partial charge in [-0.2, -0.15) is 0 Å². The molecule has 0 aliphatic rings. The smallest absolute Gasteiger partial charge is 0.0980 e. The Bertz CT molecular complexity index is 583. The van der Waals surface area contributed by atoms with Crippen molar-refractivity contribution >= 4 is 0 Å². The maximum atomic E-state index is 4.42. The summed E-state index contributed by atoms with van der Waals surface area (Å²) in [4.78, 5) is 13.1. The number of pyridine rings is 3. The minimum Gasteiger partial charge on any atom is -0.412 e. The summed E-state index contributed by atoms with van der Waals surface area (Å²) < 4.78 is 0. The van der Waals surface area contributed by atoms with E-state index in [9.17, 15) is 0 Å². The van der Waals surface area contributed by atoms with Crippen LogP contribution in [0.4, 0.5) is 0 Å². The molecule has 0 aromatic carbocycles. The summed E-state index contributed by atoms with van der Waals surface area (Å²) >= 11 is 0. The minimum atomic E-state index is 0. The van der Waals surface area contributed by atoms with Crippen molar-refractivity contribution in [3.63, 3.8) is 0 Å². The average molecular weight is 251 g/mol. The zero-order valence-corrected chi connectivity index (χ0v) is 10.2. The number of hydrogen-bond acceptors (Lipinski definition) is 3. The highest BCUT2D eigenvalue weighted by molar-refractivity contribution is 5.76. The fourth-order valence-corrected chi connectivity index (χ4v) is 1.84. The highest BCUT2D eigenvalue weighted by Gasteiger charge is 2.09. The molecule has 3 rings (SSSR count). The van der Waals surface area contributed by atoms with Gasteiger partial charge in [0.1, 0.15) is 0 Å². The topological polar surface area (TPSA) is 70.2 Å². The third-order valence-corrected chi connectivity index (χ3v) is 2.66. The molecule has 4 nitrogen and oxygen atoms in total. The lowest BCUT2D eigenvalue weighted by Gasteiger charge is -2.06. The normalized spacial score (nSPS) is 9.68. The molecule has 3 heterocycles. The van der Waals surface area contributed by atoms with Crippen LogP contribution in [-0.4, -0.2) is 20.4 Å².